The Hall–Kier alpha value is -2.57. The minimum absolute atomic E-state index is 0.271. The highest BCUT2D eigenvalue weighted by molar-refractivity contribution is 5.80. The minimum Gasteiger partial charge on any atom is -0.389 e. The summed E-state index contributed by atoms with van der Waals surface area (Å²) in [6.07, 6.45) is 1.49. The topological polar surface area (TPSA) is 69.1 Å². The third-order valence-electron chi connectivity index (χ3n) is 5.18. The van der Waals surface area contributed by atoms with Crippen molar-refractivity contribution in [1.29, 1.82) is 0 Å². The molecule has 0 spiro atoms. The highest BCUT2D eigenvalue weighted by Gasteiger charge is 2.20. The highest BCUT2D eigenvalue weighted by atomic mass is 16.5. The highest BCUT2D eigenvalue weighted by Crippen LogP contribution is 2.19. The van der Waals surface area contributed by atoms with Gasteiger partial charge in [-0.1, -0.05) is 48.5 Å². The molecule has 3 rings (SSSR count). The fourth-order valence-electron chi connectivity index (χ4n) is 3.57. The predicted octanol–water partition coefficient (Wildman–Crippen LogP) is 2.79. The van der Waals surface area contributed by atoms with E-state index in [1.165, 1.54) is 5.69 Å². The molecule has 6 nitrogen and oxygen atoms in total. The Bertz CT molecular complexity index is 746. The van der Waals surface area contributed by atoms with Crippen LogP contribution in [0, 0.1) is 0 Å². The summed E-state index contributed by atoms with van der Waals surface area (Å²) >= 11 is 0. The van der Waals surface area contributed by atoms with Crippen molar-refractivity contribution in [3.05, 3.63) is 66.2 Å². The van der Waals surface area contributed by atoms with Gasteiger partial charge in [-0.05, 0) is 37.5 Å². The van der Waals surface area contributed by atoms with Gasteiger partial charge in [0.25, 0.3) is 0 Å². The van der Waals surface area contributed by atoms with Gasteiger partial charge in [-0.2, -0.15) is 0 Å². The number of piperidine rings is 1. The molecular weight excluding hydrogens is 376 g/mol. The minimum atomic E-state index is -0.621. The van der Waals surface area contributed by atoms with E-state index >= 15 is 0 Å². The normalized spacial score (nSPS) is 16.3. The fourth-order valence-corrected chi connectivity index (χ4v) is 3.57. The van der Waals surface area contributed by atoms with Crippen molar-refractivity contribution < 1.29 is 9.84 Å². The summed E-state index contributed by atoms with van der Waals surface area (Å²) in [4.78, 5) is 6.99. The zero-order valence-corrected chi connectivity index (χ0v) is 17.8. The summed E-state index contributed by atoms with van der Waals surface area (Å²) in [7, 11) is 0. The van der Waals surface area contributed by atoms with E-state index in [4.69, 9.17) is 4.74 Å². The Morgan fingerprint density at radius 1 is 1.10 bits per heavy atom. The molecule has 3 N–H and O–H groups in total. The van der Waals surface area contributed by atoms with Crippen LogP contribution in [0.3, 0.4) is 0 Å². The van der Waals surface area contributed by atoms with Crippen molar-refractivity contribution in [2.45, 2.75) is 38.5 Å². The van der Waals surface area contributed by atoms with Crippen LogP contribution in [0.5, 0.6) is 0 Å². The molecule has 162 valence electrons. The summed E-state index contributed by atoms with van der Waals surface area (Å²) in [5.41, 5.74) is 2.39. The molecule has 0 radical (unpaired) electrons. The number of nitrogens with one attached hydrogen (secondary N) is 2. The van der Waals surface area contributed by atoms with E-state index < -0.39 is 6.10 Å². The lowest BCUT2D eigenvalue weighted by Gasteiger charge is -2.34. The first-order valence-corrected chi connectivity index (χ1v) is 10.9. The van der Waals surface area contributed by atoms with E-state index in [1.807, 2.05) is 30.3 Å². The number of hydrogen-bond donors (Lipinski definition) is 3. The first kappa shape index (κ1) is 22.1. The van der Waals surface area contributed by atoms with Gasteiger partial charge in [0.1, 0.15) is 0 Å². The number of aliphatic imine (C=N–C) groups is 1. The second-order valence-electron chi connectivity index (χ2n) is 7.62. The maximum atomic E-state index is 10.2. The standard InChI is InChI=1S/C24H34N4O2/c1-2-25-24(26-17-23(29)19-30-18-20-9-5-3-6-10-20)27-21-13-15-28(16-14-21)22-11-7-4-8-12-22/h3-12,21,23,29H,2,13-19H2,1H3,(H2,25,26,27). The number of aliphatic hydroxyl groups is 1. The maximum Gasteiger partial charge on any atom is 0.191 e. The van der Waals surface area contributed by atoms with E-state index in [0.29, 0.717) is 19.2 Å². The number of aliphatic hydroxyl groups excluding tert-OH is 1. The third kappa shape index (κ3) is 7.35. The largest absolute Gasteiger partial charge is 0.389 e. The molecule has 1 aliphatic rings. The summed E-state index contributed by atoms with van der Waals surface area (Å²) in [5.74, 6) is 0.762. The molecule has 0 aromatic heterocycles. The number of rotatable bonds is 9. The van der Waals surface area contributed by atoms with Crippen LogP contribution >= 0.6 is 0 Å². The molecule has 0 amide bonds. The van der Waals surface area contributed by atoms with E-state index in [-0.39, 0.29) is 6.61 Å². The Balaban J connectivity index is 1.40. The quantitative estimate of drug-likeness (QED) is 0.438. The summed E-state index contributed by atoms with van der Waals surface area (Å²) < 4.78 is 5.61. The number of benzene rings is 2. The first-order valence-electron chi connectivity index (χ1n) is 10.9. The molecule has 1 atom stereocenters. The smallest absolute Gasteiger partial charge is 0.191 e. The fraction of sp³-hybridized carbons (Fsp3) is 0.458. The van der Waals surface area contributed by atoms with Crippen molar-refractivity contribution in [1.82, 2.24) is 10.6 Å². The van der Waals surface area contributed by atoms with Crippen molar-refractivity contribution in [2.24, 2.45) is 4.99 Å². The van der Waals surface area contributed by atoms with Gasteiger partial charge in [0.2, 0.25) is 0 Å². The van der Waals surface area contributed by atoms with Crippen LogP contribution < -0.4 is 15.5 Å². The molecule has 1 aliphatic heterocycles. The lowest BCUT2D eigenvalue weighted by atomic mass is 10.0. The Kier molecular flexibility index (Phi) is 9.00. The Labute approximate surface area is 180 Å². The van der Waals surface area contributed by atoms with Crippen molar-refractivity contribution in [3.8, 4) is 0 Å². The SMILES string of the molecule is CCNC(=NCC(O)COCc1ccccc1)NC1CCN(c2ccccc2)CC1. The van der Waals surface area contributed by atoms with E-state index in [0.717, 1.165) is 44.0 Å². The van der Waals surface area contributed by atoms with Gasteiger partial charge in [-0.3, -0.25) is 4.99 Å². The Morgan fingerprint density at radius 2 is 1.77 bits per heavy atom. The molecule has 30 heavy (non-hydrogen) atoms. The lowest BCUT2D eigenvalue weighted by Crippen LogP contribution is -2.49. The molecule has 1 saturated heterocycles. The van der Waals surface area contributed by atoms with E-state index in [1.54, 1.807) is 0 Å². The second kappa shape index (κ2) is 12.2. The third-order valence-corrected chi connectivity index (χ3v) is 5.18. The molecule has 1 unspecified atom stereocenters. The van der Waals surface area contributed by atoms with Gasteiger partial charge < -0.3 is 25.4 Å². The zero-order valence-electron chi connectivity index (χ0n) is 17.8. The van der Waals surface area contributed by atoms with E-state index in [9.17, 15) is 5.11 Å². The van der Waals surface area contributed by atoms with Gasteiger partial charge in [-0.15, -0.1) is 0 Å². The van der Waals surface area contributed by atoms with Gasteiger partial charge >= 0.3 is 0 Å². The molecule has 6 heteroatoms. The van der Waals surface area contributed by atoms with Crippen LogP contribution in [-0.4, -0.2) is 56.0 Å². The van der Waals surface area contributed by atoms with Gasteiger partial charge in [-0.25, -0.2) is 0 Å². The molecule has 0 aliphatic carbocycles. The monoisotopic (exact) mass is 410 g/mol. The molecule has 2 aromatic carbocycles. The van der Waals surface area contributed by atoms with Crippen LogP contribution in [0.1, 0.15) is 25.3 Å². The Morgan fingerprint density at radius 3 is 2.43 bits per heavy atom. The molecule has 0 saturated carbocycles. The molecule has 0 bridgehead atoms. The number of ether oxygens (including phenoxy) is 1. The second-order valence-corrected chi connectivity index (χ2v) is 7.62. The van der Waals surface area contributed by atoms with Gasteiger partial charge in [0, 0.05) is 31.4 Å². The van der Waals surface area contributed by atoms with Crippen molar-refractivity contribution in [3.63, 3.8) is 0 Å². The predicted molar refractivity (Wildman–Crippen MR) is 123 cm³/mol. The van der Waals surface area contributed by atoms with Crippen LogP contribution in [-0.2, 0) is 11.3 Å². The van der Waals surface area contributed by atoms with Crippen molar-refractivity contribution >= 4 is 11.6 Å². The summed E-state index contributed by atoms with van der Waals surface area (Å²) in [5, 5.41) is 17.0. The molecule has 2 aromatic rings. The van der Waals surface area contributed by atoms with Crippen LogP contribution in [0.15, 0.2) is 65.7 Å². The summed E-state index contributed by atoms with van der Waals surface area (Å²) in [6.45, 7) is 5.97. The summed E-state index contributed by atoms with van der Waals surface area (Å²) in [6, 6.07) is 20.9. The number of guanidine groups is 1. The van der Waals surface area contributed by atoms with E-state index in [2.05, 4.69) is 57.8 Å². The van der Waals surface area contributed by atoms with Gasteiger partial charge in [0.05, 0.1) is 25.9 Å². The zero-order chi connectivity index (χ0) is 21.0. The van der Waals surface area contributed by atoms with Crippen LogP contribution in [0.4, 0.5) is 5.69 Å². The number of hydrogen-bond acceptors (Lipinski definition) is 4. The number of nitrogens with zero attached hydrogens (tertiary/aromatic N) is 2. The van der Waals surface area contributed by atoms with Crippen LogP contribution in [0.25, 0.3) is 0 Å². The molecule has 1 heterocycles. The number of para-hydroxylation sites is 1. The van der Waals surface area contributed by atoms with Gasteiger partial charge in [0.15, 0.2) is 5.96 Å². The van der Waals surface area contributed by atoms with Crippen LogP contribution in [0.2, 0.25) is 0 Å². The molecule has 1 fully saturated rings. The average molecular weight is 411 g/mol. The lowest BCUT2D eigenvalue weighted by molar-refractivity contribution is 0.0331. The maximum absolute atomic E-state index is 10.2. The molecular formula is C24H34N4O2. The first-order chi connectivity index (χ1) is 14.7. The number of anilines is 1. The van der Waals surface area contributed by atoms with Crippen molar-refractivity contribution in [2.75, 3.05) is 37.7 Å². The average Bonchev–Trinajstić information content (AvgIpc) is 2.79.